The minimum atomic E-state index is -4.55. The number of nitrogens with zero attached hydrogens (tertiary/aromatic N) is 1. The van der Waals surface area contributed by atoms with Crippen LogP contribution in [-0.2, 0) is 6.18 Å². The van der Waals surface area contributed by atoms with E-state index in [1.807, 2.05) is 0 Å². The molecule has 0 aliphatic carbocycles. The third kappa shape index (κ3) is 3.52. The number of benzene rings is 1. The van der Waals surface area contributed by atoms with Crippen LogP contribution in [0.2, 0.25) is 0 Å². The smallest absolute Gasteiger partial charge is 0.417 e. The summed E-state index contributed by atoms with van der Waals surface area (Å²) in [6.07, 6.45) is -1.15. The van der Waals surface area contributed by atoms with Crippen molar-refractivity contribution in [2.24, 2.45) is 0 Å². The van der Waals surface area contributed by atoms with E-state index in [9.17, 15) is 13.2 Å². The van der Waals surface area contributed by atoms with Gasteiger partial charge < -0.3 is 4.74 Å². The molecule has 0 bridgehead atoms. The minimum Gasteiger partial charge on any atom is -0.490 e. The van der Waals surface area contributed by atoms with Crippen molar-refractivity contribution < 1.29 is 17.9 Å². The maximum atomic E-state index is 12.6. The summed E-state index contributed by atoms with van der Waals surface area (Å²) in [4.78, 5) is 0. The molecule has 0 spiro atoms. The van der Waals surface area contributed by atoms with E-state index in [-0.39, 0.29) is 12.4 Å². The van der Waals surface area contributed by atoms with E-state index in [4.69, 9.17) is 10.00 Å². The van der Waals surface area contributed by atoms with Gasteiger partial charge in [-0.3, -0.25) is 0 Å². The zero-order chi connectivity index (χ0) is 12.9. The minimum absolute atomic E-state index is 0.0921. The van der Waals surface area contributed by atoms with Gasteiger partial charge in [0.2, 0.25) is 0 Å². The molecule has 0 amide bonds. The summed E-state index contributed by atoms with van der Waals surface area (Å²) in [5.74, 6) is 0.0921. The van der Waals surface area contributed by atoms with Gasteiger partial charge in [-0.25, -0.2) is 0 Å². The molecule has 1 aromatic carbocycles. The van der Waals surface area contributed by atoms with Crippen molar-refractivity contribution in [3.8, 4) is 11.8 Å². The van der Waals surface area contributed by atoms with Gasteiger partial charge in [0, 0.05) is 0 Å². The van der Waals surface area contributed by atoms with Gasteiger partial charge >= 0.3 is 6.18 Å². The lowest BCUT2D eigenvalue weighted by Gasteiger charge is -2.10. The molecule has 17 heavy (non-hydrogen) atoms. The third-order valence-corrected chi connectivity index (χ3v) is 2.00. The first-order valence-electron chi connectivity index (χ1n) is 4.84. The van der Waals surface area contributed by atoms with E-state index in [1.54, 1.807) is 19.1 Å². The predicted octanol–water partition coefficient (Wildman–Crippen LogP) is 3.53. The molecule has 0 N–H and O–H groups in total. The summed E-state index contributed by atoms with van der Waals surface area (Å²) in [5.41, 5.74) is -1.38. The zero-order valence-corrected chi connectivity index (χ0v) is 9.08. The number of allylic oxidation sites excluding steroid dienone is 1. The van der Waals surface area contributed by atoms with E-state index in [1.165, 1.54) is 12.1 Å². The van der Waals surface area contributed by atoms with Gasteiger partial charge in [0.15, 0.2) is 0 Å². The van der Waals surface area contributed by atoms with Crippen molar-refractivity contribution in [2.45, 2.75) is 13.1 Å². The Labute approximate surface area is 96.9 Å². The lowest BCUT2D eigenvalue weighted by atomic mass is 10.1. The van der Waals surface area contributed by atoms with Crippen LogP contribution in [0.4, 0.5) is 13.2 Å². The van der Waals surface area contributed by atoms with Gasteiger partial charge in [-0.1, -0.05) is 12.2 Å². The normalized spacial score (nSPS) is 11.5. The predicted molar refractivity (Wildman–Crippen MR) is 56.5 cm³/mol. The fourth-order valence-electron chi connectivity index (χ4n) is 1.19. The quantitative estimate of drug-likeness (QED) is 0.758. The van der Waals surface area contributed by atoms with Crippen LogP contribution in [0.5, 0.6) is 5.75 Å². The highest BCUT2D eigenvalue weighted by molar-refractivity contribution is 5.44. The van der Waals surface area contributed by atoms with E-state index in [2.05, 4.69) is 0 Å². The molecule has 1 aromatic rings. The van der Waals surface area contributed by atoms with Crippen molar-refractivity contribution in [1.29, 1.82) is 5.26 Å². The number of hydrogen-bond donors (Lipinski definition) is 0. The molecule has 0 radical (unpaired) electrons. The molecule has 90 valence electrons. The number of ether oxygens (including phenoxy) is 1. The molecule has 0 aromatic heterocycles. The second-order valence-electron chi connectivity index (χ2n) is 3.20. The molecule has 2 nitrogen and oxygen atoms in total. The largest absolute Gasteiger partial charge is 0.490 e. The average molecular weight is 241 g/mol. The van der Waals surface area contributed by atoms with Crippen LogP contribution in [0.25, 0.3) is 0 Å². The highest BCUT2D eigenvalue weighted by Gasteiger charge is 2.34. The number of halogens is 3. The number of rotatable bonds is 3. The molecule has 0 aliphatic rings. The maximum absolute atomic E-state index is 12.6. The zero-order valence-electron chi connectivity index (χ0n) is 9.08. The topological polar surface area (TPSA) is 33.0 Å². The second-order valence-corrected chi connectivity index (χ2v) is 3.20. The van der Waals surface area contributed by atoms with Crippen LogP contribution in [0, 0.1) is 11.3 Å². The van der Waals surface area contributed by atoms with Gasteiger partial charge in [0.05, 0.1) is 17.2 Å². The summed E-state index contributed by atoms with van der Waals surface area (Å²) in [6.45, 7) is 1.98. The fourth-order valence-corrected chi connectivity index (χ4v) is 1.19. The Morgan fingerprint density at radius 1 is 1.41 bits per heavy atom. The summed E-state index contributed by atoms with van der Waals surface area (Å²) in [6, 6.07) is 4.79. The Hall–Kier alpha value is -1.96. The summed E-state index contributed by atoms with van der Waals surface area (Å²) >= 11 is 0. The molecule has 0 unspecified atom stereocenters. The molecule has 1 rings (SSSR count). The van der Waals surface area contributed by atoms with E-state index < -0.39 is 17.3 Å². The van der Waals surface area contributed by atoms with E-state index in [0.717, 1.165) is 12.1 Å². The summed E-state index contributed by atoms with van der Waals surface area (Å²) in [5, 5.41) is 8.58. The number of alkyl halides is 3. The molecule has 0 aliphatic heterocycles. The van der Waals surface area contributed by atoms with Crippen molar-refractivity contribution in [3.63, 3.8) is 0 Å². The standard InChI is InChI=1S/C12H10F3NO/c1-2-3-6-17-10-5-4-9(8-16)11(7-10)12(13,14)15/h2-5,7H,6H2,1H3. The average Bonchev–Trinajstić information content (AvgIpc) is 2.28. The molecular formula is C12H10F3NO. The Morgan fingerprint density at radius 3 is 2.65 bits per heavy atom. The first-order valence-corrected chi connectivity index (χ1v) is 4.84. The maximum Gasteiger partial charge on any atom is 0.417 e. The highest BCUT2D eigenvalue weighted by Crippen LogP contribution is 2.34. The van der Waals surface area contributed by atoms with E-state index >= 15 is 0 Å². The SMILES string of the molecule is CC=CCOc1ccc(C#N)c(C(F)(F)F)c1. The molecule has 0 atom stereocenters. The van der Waals surface area contributed by atoms with Crippen LogP contribution >= 0.6 is 0 Å². The summed E-state index contributed by atoms with van der Waals surface area (Å²) in [7, 11) is 0. The van der Waals surface area contributed by atoms with Crippen LogP contribution < -0.4 is 4.74 Å². The molecule has 0 fully saturated rings. The van der Waals surface area contributed by atoms with Crippen molar-refractivity contribution in [3.05, 3.63) is 41.5 Å². The van der Waals surface area contributed by atoms with Crippen LogP contribution in [-0.4, -0.2) is 6.61 Å². The first kappa shape index (κ1) is 13.1. The van der Waals surface area contributed by atoms with Gasteiger partial charge in [-0.2, -0.15) is 18.4 Å². The van der Waals surface area contributed by atoms with Crippen molar-refractivity contribution in [1.82, 2.24) is 0 Å². The number of hydrogen-bond acceptors (Lipinski definition) is 2. The lowest BCUT2D eigenvalue weighted by Crippen LogP contribution is -2.08. The fraction of sp³-hybridized carbons (Fsp3) is 0.250. The monoisotopic (exact) mass is 241 g/mol. The molecule has 5 heteroatoms. The Kier molecular flexibility index (Phi) is 4.16. The number of nitriles is 1. The van der Waals surface area contributed by atoms with Crippen LogP contribution in [0.1, 0.15) is 18.1 Å². The lowest BCUT2D eigenvalue weighted by molar-refractivity contribution is -0.137. The Bertz CT molecular complexity index is 458. The van der Waals surface area contributed by atoms with E-state index in [0.29, 0.717) is 0 Å². The molecule has 0 saturated heterocycles. The van der Waals surface area contributed by atoms with Crippen LogP contribution in [0.15, 0.2) is 30.4 Å². The summed E-state index contributed by atoms with van der Waals surface area (Å²) < 4.78 is 42.8. The van der Waals surface area contributed by atoms with Crippen molar-refractivity contribution >= 4 is 0 Å². The second kappa shape index (κ2) is 5.39. The highest BCUT2D eigenvalue weighted by atomic mass is 19.4. The van der Waals surface area contributed by atoms with Gasteiger partial charge in [-0.05, 0) is 25.1 Å². The molecule has 0 saturated carbocycles. The van der Waals surface area contributed by atoms with Crippen molar-refractivity contribution in [2.75, 3.05) is 6.61 Å². The molecule has 0 heterocycles. The van der Waals surface area contributed by atoms with Crippen LogP contribution in [0.3, 0.4) is 0 Å². The Balaban J connectivity index is 3.02. The Morgan fingerprint density at radius 2 is 2.12 bits per heavy atom. The van der Waals surface area contributed by atoms with Gasteiger partial charge in [-0.15, -0.1) is 0 Å². The third-order valence-electron chi connectivity index (χ3n) is 2.00. The molecular weight excluding hydrogens is 231 g/mol. The van der Waals surface area contributed by atoms with Gasteiger partial charge in [0.1, 0.15) is 12.4 Å². The first-order chi connectivity index (χ1) is 7.99. The van der Waals surface area contributed by atoms with Gasteiger partial charge in [0.25, 0.3) is 0 Å².